The maximum absolute atomic E-state index is 10.5. The van der Waals surface area contributed by atoms with Crippen LogP contribution in [0, 0.1) is 38.6 Å². The van der Waals surface area contributed by atoms with Gasteiger partial charge in [0.1, 0.15) is 22.8 Å². The van der Waals surface area contributed by atoms with Gasteiger partial charge in [0.2, 0.25) is 0 Å². The van der Waals surface area contributed by atoms with Crippen LogP contribution in [0.15, 0.2) is 95.0 Å². The first-order valence-electron chi connectivity index (χ1n) is 10.1. The number of aromatic amines is 2. The fourth-order valence-corrected chi connectivity index (χ4v) is 2.12. The van der Waals surface area contributed by atoms with Gasteiger partial charge >= 0.3 is 62.5 Å². The first-order chi connectivity index (χ1) is 18.0. The van der Waals surface area contributed by atoms with Crippen molar-refractivity contribution in [1.82, 2.24) is 19.9 Å². The Kier molecular flexibility index (Phi) is 16.4. The maximum Gasteiger partial charge on any atom is 3.00 e. The molecule has 0 aliphatic rings. The first-order valence-corrected chi connectivity index (χ1v) is 10.1. The fourth-order valence-electron chi connectivity index (χ4n) is 2.12. The van der Waals surface area contributed by atoms with Gasteiger partial charge in [-0.05, 0) is 24.3 Å². The summed E-state index contributed by atoms with van der Waals surface area (Å²) in [5.41, 5.74) is -0.637. The number of aromatic nitrogens is 4. The molecule has 0 fully saturated rings. The Balaban J connectivity index is 0.000000490. The largest absolute Gasteiger partial charge is 3.00 e. The molecule has 0 unspecified atom stereocenters. The van der Waals surface area contributed by atoms with Crippen LogP contribution < -0.4 is 10.9 Å². The molecule has 0 spiro atoms. The van der Waals surface area contributed by atoms with Crippen molar-refractivity contribution in [1.29, 1.82) is 0 Å². The number of nitrogens with one attached hydrogen (secondary N) is 2. The fraction of sp³-hybridized carbons (Fsp3) is 0. The van der Waals surface area contributed by atoms with Crippen molar-refractivity contribution in [2.75, 3.05) is 0 Å². The van der Waals surface area contributed by atoms with Gasteiger partial charge in [0.15, 0.2) is 10.9 Å². The molecular weight excluding hydrogens is 663 g/mol. The maximum atomic E-state index is 10.5. The van der Waals surface area contributed by atoms with E-state index in [0.29, 0.717) is 0 Å². The van der Waals surface area contributed by atoms with Crippen LogP contribution in [0.3, 0.4) is 0 Å². The van der Waals surface area contributed by atoms with E-state index >= 15 is 0 Å². The second-order valence-electron chi connectivity index (χ2n) is 6.53. The number of carbonyl (C=O) groups is 4. The van der Waals surface area contributed by atoms with Crippen LogP contribution in [0.1, 0.15) is 42.0 Å². The summed E-state index contributed by atoms with van der Waals surface area (Å²) in [6.45, 7) is 0. The van der Waals surface area contributed by atoms with Crippen molar-refractivity contribution in [3.8, 4) is 0 Å². The molecule has 39 heavy (non-hydrogen) atoms. The van der Waals surface area contributed by atoms with Crippen LogP contribution >= 0.6 is 0 Å². The molecule has 4 rings (SSSR count). The Bertz CT molecular complexity index is 1360. The van der Waals surface area contributed by atoms with Gasteiger partial charge in [-0.15, -0.1) is 0 Å². The number of H-pyrrole nitrogens is 2. The van der Waals surface area contributed by atoms with Gasteiger partial charge in [-0.25, -0.2) is 29.1 Å². The Hall–Kier alpha value is -4.63. The van der Waals surface area contributed by atoms with E-state index in [1.54, 1.807) is 24.3 Å². The standard InChI is InChI=1S/2C6H5NO3.2C6H5NO2.Tb/c2*8-4-1-2-7-5(3-4)6(9)10;2*8-6(9)5-3-1-2-4-7-5;/h2*1-3H,(H,7,8)(H,9,10);2*1-4H,(H,8,9);/q;;;;+3. The van der Waals surface area contributed by atoms with E-state index in [0.717, 1.165) is 12.1 Å². The van der Waals surface area contributed by atoms with Gasteiger partial charge in [0.25, 0.3) is 0 Å². The number of rotatable bonds is 4. The average molecular weight is 683 g/mol. The predicted molar refractivity (Wildman–Crippen MR) is 130 cm³/mol. The van der Waals surface area contributed by atoms with Crippen LogP contribution in [-0.2, 0) is 0 Å². The number of pyridine rings is 4. The number of carboxylic acids is 4. The summed E-state index contributed by atoms with van der Waals surface area (Å²) in [5.74, 6) is -4.23. The van der Waals surface area contributed by atoms with Gasteiger partial charge in [0, 0.05) is 49.1 Å². The third-order valence-corrected chi connectivity index (χ3v) is 3.77. The van der Waals surface area contributed by atoms with E-state index in [9.17, 15) is 28.8 Å². The van der Waals surface area contributed by atoms with Crippen molar-refractivity contribution in [2.24, 2.45) is 0 Å². The van der Waals surface area contributed by atoms with E-state index in [2.05, 4.69) is 19.9 Å². The van der Waals surface area contributed by atoms with Crippen molar-refractivity contribution in [2.45, 2.75) is 0 Å². The van der Waals surface area contributed by atoms with Crippen LogP contribution in [0.2, 0.25) is 0 Å². The summed E-state index contributed by atoms with van der Waals surface area (Å²) >= 11 is 0. The second kappa shape index (κ2) is 18.6. The van der Waals surface area contributed by atoms with Crippen LogP contribution in [-0.4, -0.2) is 64.2 Å². The van der Waals surface area contributed by atoms with Crippen LogP contribution in [0.25, 0.3) is 0 Å². The summed E-state index contributed by atoms with van der Waals surface area (Å²) < 4.78 is 0. The molecule has 202 valence electrons. The molecule has 0 saturated carbocycles. The van der Waals surface area contributed by atoms with Gasteiger partial charge in [0.05, 0.1) is 0 Å². The molecule has 6 N–H and O–H groups in total. The normalized spacial score (nSPS) is 8.82. The van der Waals surface area contributed by atoms with E-state index in [-0.39, 0.29) is 72.2 Å². The molecule has 0 bridgehead atoms. The third kappa shape index (κ3) is 14.6. The van der Waals surface area contributed by atoms with Gasteiger partial charge in [-0.2, -0.15) is 0 Å². The van der Waals surface area contributed by atoms with E-state index < -0.39 is 23.9 Å². The molecule has 4 aromatic heterocycles. The molecule has 0 atom stereocenters. The number of carboxylic acid groups (broad SMARTS) is 4. The summed E-state index contributed by atoms with van der Waals surface area (Å²) in [6.07, 6.45) is 5.49. The molecule has 4 heterocycles. The SMILES string of the molecule is O=C(O)c1cc(=O)cc[nH]1.O=C(O)c1cc(=O)cc[nH]1.O=C(O)c1ccccn1.O=C(O)c1ccccn1.[Tb+3]. The van der Waals surface area contributed by atoms with E-state index in [1.165, 1.54) is 49.1 Å². The number of hydrogen-bond donors (Lipinski definition) is 6. The molecule has 0 aliphatic heterocycles. The topological polar surface area (TPSA) is 241 Å². The molecule has 15 heteroatoms. The minimum atomic E-state index is -1.13. The van der Waals surface area contributed by atoms with Crippen molar-refractivity contribution < 1.29 is 78.2 Å². The van der Waals surface area contributed by atoms with Crippen molar-refractivity contribution in [3.05, 3.63) is 129 Å². The molecular formula is C24H20N4O10Tb+3. The summed E-state index contributed by atoms with van der Waals surface area (Å²) in [6, 6.07) is 14.1. The zero-order valence-electron chi connectivity index (χ0n) is 19.5. The summed E-state index contributed by atoms with van der Waals surface area (Å²) in [5, 5.41) is 33.3. The van der Waals surface area contributed by atoms with Crippen molar-refractivity contribution >= 4 is 23.9 Å². The Morgan fingerprint density at radius 1 is 0.564 bits per heavy atom. The van der Waals surface area contributed by atoms with Crippen LogP contribution in [0.5, 0.6) is 0 Å². The quantitative estimate of drug-likeness (QED) is 0.180. The minimum Gasteiger partial charge on any atom is -0.477 e. The molecule has 0 amide bonds. The number of nitrogens with zero attached hydrogens (tertiary/aromatic N) is 2. The predicted octanol–water partition coefficient (Wildman–Crippen LogP) is 1.71. The number of aromatic carboxylic acids is 4. The second-order valence-corrected chi connectivity index (χ2v) is 6.53. The first kappa shape index (κ1) is 34.4. The Labute approximate surface area is 249 Å². The van der Waals surface area contributed by atoms with Gasteiger partial charge in [-0.1, -0.05) is 12.1 Å². The number of hydrogen-bond acceptors (Lipinski definition) is 8. The van der Waals surface area contributed by atoms with Crippen LogP contribution in [0.4, 0.5) is 0 Å². The minimum absolute atomic E-state index is 0. The third-order valence-electron chi connectivity index (χ3n) is 3.77. The molecule has 0 saturated heterocycles. The summed E-state index contributed by atoms with van der Waals surface area (Å²) in [7, 11) is 0. The van der Waals surface area contributed by atoms with Gasteiger partial charge in [-0.3, -0.25) is 9.59 Å². The molecule has 0 aromatic carbocycles. The molecule has 0 aliphatic carbocycles. The van der Waals surface area contributed by atoms with Gasteiger partial charge < -0.3 is 30.4 Å². The van der Waals surface area contributed by atoms with E-state index in [1.807, 2.05) is 0 Å². The monoisotopic (exact) mass is 683 g/mol. The molecule has 14 nitrogen and oxygen atoms in total. The average Bonchev–Trinajstić information content (AvgIpc) is 2.91. The van der Waals surface area contributed by atoms with Crippen molar-refractivity contribution in [3.63, 3.8) is 0 Å². The van der Waals surface area contributed by atoms with E-state index in [4.69, 9.17) is 20.4 Å². The molecule has 4 aromatic rings. The Morgan fingerprint density at radius 2 is 0.923 bits per heavy atom. The summed E-state index contributed by atoms with van der Waals surface area (Å²) in [4.78, 5) is 73.6. The zero-order valence-corrected chi connectivity index (χ0v) is 21.7. The molecule has 0 radical (unpaired) electrons. The smallest absolute Gasteiger partial charge is 0.477 e. The Morgan fingerprint density at radius 3 is 1.10 bits per heavy atom. The zero-order chi connectivity index (χ0) is 28.5.